The molecule has 0 saturated heterocycles. The van der Waals surface area contributed by atoms with E-state index in [-0.39, 0.29) is 56.4 Å². The van der Waals surface area contributed by atoms with E-state index in [9.17, 15) is 28.8 Å². The van der Waals surface area contributed by atoms with Crippen LogP contribution < -0.4 is 37.6 Å². The summed E-state index contributed by atoms with van der Waals surface area (Å²) in [7, 11) is 0. The van der Waals surface area contributed by atoms with Gasteiger partial charge in [0.2, 0.25) is 23.6 Å². The first-order valence-electron chi connectivity index (χ1n) is 14.8. The highest BCUT2D eigenvalue weighted by Gasteiger charge is 2.28. The normalized spacial score (nSPS) is 12.7. The molecular weight excluding hydrogens is 606 g/mol. The summed E-state index contributed by atoms with van der Waals surface area (Å²) in [6, 6.07) is 3.96. The third-order valence-corrected chi connectivity index (χ3v) is 6.28. The largest absolute Gasteiger partial charge is 0.445 e. The number of nitrogens with two attached hydrogens (primary N) is 1. The van der Waals surface area contributed by atoms with E-state index in [1.54, 1.807) is 52.0 Å². The fourth-order valence-electron chi connectivity index (χ4n) is 3.76. The first-order chi connectivity index (χ1) is 21.3. The smallest absolute Gasteiger partial charge is 0.408 e. The van der Waals surface area contributed by atoms with Crippen LogP contribution in [0.3, 0.4) is 0 Å². The van der Waals surface area contributed by atoms with Crippen molar-refractivity contribution in [1.82, 2.24) is 26.6 Å². The molecule has 1 rings (SSSR count). The fourth-order valence-corrected chi connectivity index (χ4v) is 3.86. The third-order valence-electron chi connectivity index (χ3n) is 6.15. The van der Waals surface area contributed by atoms with Gasteiger partial charge in [-0.15, -0.1) is 0 Å². The van der Waals surface area contributed by atoms with Crippen LogP contribution in [0.15, 0.2) is 24.3 Å². The average Bonchev–Trinajstić information content (AvgIpc) is 2.97. The Morgan fingerprint density at radius 2 is 1.56 bits per heavy atom. The summed E-state index contributed by atoms with van der Waals surface area (Å²) in [6.07, 6.45) is 0.262. The lowest BCUT2D eigenvalue weighted by molar-refractivity contribution is -0.132. The van der Waals surface area contributed by atoms with Crippen molar-refractivity contribution >= 4 is 54.1 Å². The number of hydrogen-bond acceptors (Lipinski definition) is 9. The maximum absolute atomic E-state index is 13.3. The van der Waals surface area contributed by atoms with E-state index in [0.29, 0.717) is 30.6 Å². The van der Waals surface area contributed by atoms with Gasteiger partial charge in [-0.05, 0) is 43.4 Å². The molecular formula is C29H47N7O8S. The highest BCUT2D eigenvalue weighted by molar-refractivity contribution is 7.80. The average molecular weight is 654 g/mol. The number of alkyl carbamates (subject to hydrolysis) is 1. The number of urea groups is 1. The van der Waals surface area contributed by atoms with E-state index in [1.807, 2.05) is 0 Å². The number of hydrogen-bond donors (Lipinski definition) is 8. The Kier molecular flexibility index (Phi) is 18.7. The van der Waals surface area contributed by atoms with Gasteiger partial charge in [0.05, 0.1) is 18.6 Å². The van der Waals surface area contributed by atoms with Gasteiger partial charge in [0.25, 0.3) is 0 Å². The van der Waals surface area contributed by atoms with Crippen molar-refractivity contribution in [3.63, 3.8) is 0 Å². The van der Waals surface area contributed by atoms with Gasteiger partial charge in [-0.25, -0.2) is 9.59 Å². The molecule has 16 heteroatoms. The zero-order chi connectivity index (χ0) is 33.8. The summed E-state index contributed by atoms with van der Waals surface area (Å²) in [4.78, 5) is 73.0. The van der Waals surface area contributed by atoms with Crippen molar-refractivity contribution < 1.29 is 38.2 Å². The van der Waals surface area contributed by atoms with E-state index in [0.717, 1.165) is 0 Å². The number of amides is 7. The molecule has 0 fully saturated rings. The van der Waals surface area contributed by atoms with Crippen LogP contribution in [-0.4, -0.2) is 79.5 Å². The molecule has 0 bridgehead atoms. The van der Waals surface area contributed by atoms with E-state index in [4.69, 9.17) is 15.2 Å². The number of carbonyl (C=O) groups is 6. The van der Waals surface area contributed by atoms with Crippen molar-refractivity contribution in [3.8, 4) is 0 Å². The van der Waals surface area contributed by atoms with Crippen LogP contribution >= 0.6 is 12.6 Å². The minimum atomic E-state index is -0.998. The predicted molar refractivity (Wildman–Crippen MR) is 171 cm³/mol. The minimum absolute atomic E-state index is 0.000939. The molecule has 0 aliphatic heterocycles. The van der Waals surface area contributed by atoms with Crippen LogP contribution in [0.5, 0.6) is 0 Å². The zero-order valence-electron chi connectivity index (χ0n) is 26.3. The topological polar surface area (TPSA) is 219 Å². The Hall–Kier alpha value is -4.05. The van der Waals surface area contributed by atoms with Gasteiger partial charge in [0.15, 0.2) is 0 Å². The number of anilines is 1. The summed E-state index contributed by atoms with van der Waals surface area (Å²) in [5, 5.41) is 15.4. The highest BCUT2D eigenvalue weighted by atomic mass is 32.1. The summed E-state index contributed by atoms with van der Waals surface area (Å²) in [5.74, 6) is -1.86. The molecule has 8 N–H and O–H groups in total. The second-order valence-electron chi connectivity index (χ2n) is 10.4. The molecule has 252 valence electrons. The Bertz CT molecular complexity index is 1120. The summed E-state index contributed by atoms with van der Waals surface area (Å²) >= 11 is 4.06. The maximum Gasteiger partial charge on any atom is 0.408 e. The SMILES string of the molecule is CCC(=O)NCCOCCC(=O)N[C@@H](C(=O)N[C@H](CCCNC(N)=O)C(=O)Nc1ccc(COC(=O)NC(C)S)cc1)C(C)C. The highest BCUT2D eigenvalue weighted by Crippen LogP contribution is 2.13. The van der Waals surface area contributed by atoms with Crippen LogP contribution in [0.1, 0.15) is 58.9 Å². The summed E-state index contributed by atoms with van der Waals surface area (Å²) in [6.45, 7) is 7.83. The monoisotopic (exact) mass is 653 g/mol. The zero-order valence-corrected chi connectivity index (χ0v) is 27.2. The van der Waals surface area contributed by atoms with Crippen LogP contribution in [0.4, 0.5) is 15.3 Å². The molecule has 0 radical (unpaired) electrons. The minimum Gasteiger partial charge on any atom is -0.445 e. The molecule has 0 aliphatic carbocycles. The van der Waals surface area contributed by atoms with Crippen LogP contribution in [0.2, 0.25) is 0 Å². The number of carbonyl (C=O) groups excluding carboxylic acids is 6. The quantitative estimate of drug-likeness (QED) is 0.0578. The van der Waals surface area contributed by atoms with Crippen LogP contribution in [0.25, 0.3) is 0 Å². The lowest BCUT2D eigenvalue weighted by atomic mass is 10.0. The van der Waals surface area contributed by atoms with Crippen molar-refractivity contribution in [2.45, 2.75) is 77.4 Å². The standard InChI is InChI=1S/C29H47N7O8S/c1-5-23(37)31-14-16-43-15-12-24(38)36-25(18(2)3)27(40)35-22(7-6-13-32-28(30)41)26(39)34-21-10-8-20(9-11-21)17-44-29(42)33-19(4)45/h8-11,18-19,22,25,45H,5-7,12-17H2,1-4H3,(H,31,37)(H,33,42)(H,34,39)(H,35,40)(H,36,38)(H3,30,32,41)/t19?,22-,25-/m1/s1. The predicted octanol–water partition coefficient (Wildman–Crippen LogP) is 1.13. The van der Waals surface area contributed by atoms with Gasteiger partial charge in [-0.1, -0.05) is 32.9 Å². The molecule has 0 heterocycles. The van der Waals surface area contributed by atoms with E-state index < -0.39 is 41.9 Å². The molecule has 15 nitrogen and oxygen atoms in total. The number of primary amides is 1. The molecule has 0 spiro atoms. The van der Waals surface area contributed by atoms with E-state index >= 15 is 0 Å². The number of rotatable bonds is 20. The Balaban J connectivity index is 2.78. The van der Waals surface area contributed by atoms with Crippen molar-refractivity contribution in [2.24, 2.45) is 11.7 Å². The molecule has 0 aromatic heterocycles. The van der Waals surface area contributed by atoms with Gasteiger partial charge in [-0.3, -0.25) is 19.2 Å². The molecule has 1 unspecified atom stereocenters. The fraction of sp³-hybridized carbons (Fsp3) is 0.586. The van der Waals surface area contributed by atoms with Gasteiger partial charge < -0.3 is 47.1 Å². The van der Waals surface area contributed by atoms with Crippen molar-refractivity contribution in [2.75, 3.05) is 31.6 Å². The molecule has 7 amide bonds. The number of benzene rings is 1. The summed E-state index contributed by atoms with van der Waals surface area (Å²) in [5.41, 5.74) is 6.24. The number of ether oxygens (including phenoxy) is 2. The van der Waals surface area contributed by atoms with E-state index in [1.165, 1.54) is 0 Å². The first-order valence-corrected chi connectivity index (χ1v) is 15.3. The lowest BCUT2D eigenvalue weighted by Crippen LogP contribution is -2.54. The Labute approximate surface area is 269 Å². The Morgan fingerprint density at radius 3 is 2.16 bits per heavy atom. The summed E-state index contributed by atoms with van der Waals surface area (Å²) < 4.78 is 10.5. The number of nitrogens with one attached hydrogen (secondary N) is 6. The Morgan fingerprint density at radius 1 is 0.867 bits per heavy atom. The second-order valence-corrected chi connectivity index (χ2v) is 11.2. The van der Waals surface area contributed by atoms with Crippen LogP contribution in [0, 0.1) is 5.92 Å². The maximum atomic E-state index is 13.3. The second kappa shape index (κ2) is 21.6. The molecule has 1 aromatic rings. The molecule has 45 heavy (non-hydrogen) atoms. The lowest BCUT2D eigenvalue weighted by Gasteiger charge is -2.25. The van der Waals surface area contributed by atoms with Gasteiger partial charge >= 0.3 is 12.1 Å². The van der Waals surface area contributed by atoms with Gasteiger partial charge in [0.1, 0.15) is 18.7 Å². The van der Waals surface area contributed by atoms with Crippen LogP contribution in [-0.2, 0) is 35.3 Å². The molecule has 3 atom stereocenters. The molecule has 1 aromatic carbocycles. The first kappa shape index (κ1) is 39.0. The number of thiol groups is 1. The van der Waals surface area contributed by atoms with E-state index in [2.05, 4.69) is 44.5 Å². The van der Waals surface area contributed by atoms with Crippen molar-refractivity contribution in [3.05, 3.63) is 29.8 Å². The third kappa shape index (κ3) is 17.7. The van der Waals surface area contributed by atoms with Crippen molar-refractivity contribution in [1.29, 1.82) is 0 Å². The molecule has 0 aliphatic rings. The van der Waals surface area contributed by atoms with Gasteiger partial charge in [-0.2, -0.15) is 12.6 Å². The molecule has 0 saturated carbocycles. The van der Waals surface area contributed by atoms with Gasteiger partial charge in [0, 0.05) is 31.6 Å².